The van der Waals surface area contributed by atoms with Gasteiger partial charge < -0.3 is 21.3 Å². The molecule has 10 heteroatoms. The molecule has 0 aliphatic carbocycles. The van der Waals surface area contributed by atoms with Crippen molar-refractivity contribution in [2.45, 2.75) is 62.3 Å². The number of alkyl halides is 3. The van der Waals surface area contributed by atoms with Gasteiger partial charge in [-0.25, -0.2) is 0 Å². The maximum Gasteiger partial charge on any atom is 0.228 e. The molecule has 1 aromatic rings. The number of halogens is 3. The molecule has 0 aliphatic rings. The van der Waals surface area contributed by atoms with Crippen LogP contribution in [0, 0.1) is 0 Å². The van der Waals surface area contributed by atoms with Crippen LogP contribution in [0.2, 0.25) is 0 Å². The molecule has 1 aromatic carbocycles. The van der Waals surface area contributed by atoms with Crippen molar-refractivity contribution in [1.82, 2.24) is 10.6 Å². The van der Waals surface area contributed by atoms with Gasteiger partial charge in [-0.3, -0.25) is 9.59 Å². The Morgan fingerprint density at radius 3 is 2.03 bits per heavy atom. The third kappa shape index (κ3) is 11.5. The van der Waals surface area contributed by atoms with Crippen LogP contribution < -0.4 is 21.3 Å². The molecule has 2 amide bonds. The summed E-state index contributed by atoms with van der Waals surface area (Å²) in [6.45, 7) is 3.57. The van der Waals surface area contributed by atoms with Gasteiger partial charge in [0.05, 0.1) is 0 Å². The standard InChI is InChI=1S/C19H27Cl3N4O2S/c1-3-4-5-6-7-8-16(28)25-17(19(20,21)22)26-18(29)24-15-11-9-14(10-12-15)23-13(2)27/h9-12,17H,3-8H2,1-2H3,(H,23,27)(H,25,28)(H2,24,26,29)/t17-/m0/s1. The van der Waals surface area contributed by atoms with E-state index in [-0.39, 0.29) is 16.9 Å². The van der Waals surface area contributed by atoms with Crippen molar-refractivity contribution in [2.24, 2.45) is 0 Å². The molecule has 162 valence electrons. The Kier molecular flexibility index (Phi) is 11.6. The molecule has 6 nitrogen and oxygen atoms in total. The Hall–Kier alpha value is -1.28. The van der Waals surface area contributed by atoms with Crippen LogP contribution in [0.1, 0.15) is 52.4 Å². The lowest BCUT2D eigenvalue weighted by atomic mass is 10.1. The summed E-state index contributed by atoms with van der Waals surface area (Å²) in [4.78, 5) is 23.2. The Balaban J connectivity index is 2.56. The van der Waals surface area contributed by atoms with Crippen molar-refractivity contribution < 1.29 is 9.59 Å². The second-order valence-corrected chi connectivity index (χ2v) is 9.34. The van der Waals surface area contributed by atoms with E-state index in [1.54, 1.807) is 24.3 Å². The summed E-state index contributed by atoms with van der Waals surface area (Å²) in [7, 11) is 0. The first-order chi connectivity index (χ1) is 13.6. The van der Waals surface area contributed by atoms with Gasteiger partial charge in [0.15, 0.2) is 5.11 Å². The van der Waals surface area contributed by atoms with Crippen molar-refractivity contribution in [3.05, 3.63) is 24.3 Å². The van der Waals surface area contributed by atoms with E-state index in [4.69, 9.17) is 47.0 Å². The molecule has 0 heterocycles. The molecule has 0 saturated carbocycles. The second-order valence-electron chi connectivity index (χ2n) is 6.56. The summed E-state index contributed by atoms with van der Waals surface area (Å²) < 4.78 is -1.79. The molecule has 0 radical (unpaired) electrons. The highest BCUT2D eigenvalue weighted by Crippen LogP contribution is 2.29. The summed E-state index contributed by atoms with van der Waals surface area (Å²) >= 11 is 23.2. The monoisotopic (exact) mass is 480 g/mol. The molecule has 0 saturated heterocycles. The van der Waals surface area contributed by atoms with Gasteiger partial charge in [-0.2, -0.15) is 0 Å². The number of amides is 2. The van der Waals surface area contributed by atoms with E-state index in [9.17, 15) is 9.59 Å². The SMILES string of the molecule is CCCCCCCC(=O)N[C@@H](NC(=S)Nc1ccc(NC(C)=O)cc1)C(Cl)(Cl)Cl. The molecule has 0 aliphatic heterocycles. The Morgan fingerprint density at radius 1 is 0.966 bits per heavy atom. The van der Waals surface area contributed by atoms with E-state index in [1.807, 2.05) is 0 Å². The van der Waals surface area contributed by atoms with Gasteiger partial charge in [-0.1, -0.05) is 67.4 Å². The summed E-state index contributed by atoms with van der Waals surface area (Å²) in [5, 5.41) is 11.3. The molecule has 0 unspecified atom stereocenters. The highest BCUT2D eigenvalue weighted by Gasteiger charge is 2.34. The lowest BCUT2D eigenvalue weighted by Gasteiger charge is -2.27. The van der Waals surface area contributed by atoms with Gasteiger partial charge in [0, 0.05) is 24.7 Å². The van der Waals surface area contributed by atoms with Gasteiger partial charge in [0.2, 0.25) is 15.6 Å². The third-order valence-electron chi connectivity index (χ3n) is 3.88. The maximum atomic E-state index is 12.2. The molecule has 0 bridgehead atoms. The summed E-state index contributed by atoms with van der Waals surface area (Å²) in [6, 6.07) is 6.91. The van der Waals surface area contributed by atoms with Crippen LogP contribution in [0.25, 0.3) is 0 Å². The first kappa shape index (κ1) is 25.8. The highest BCUT2D eigenvalue weighted by molar-refractivity contribution is 7.80. The molecule has 0 aromatic heterocycles. The topological polar surface area (TPSA) is 82.3 Å². The number of benzene rings is 1. The quantitative estimate of drug-likeness (QED) is 0.162. The van der Waals surface area contributed by atoms with Crippen LogP contribution in [0.4, 0.5) is 11.4 Å². The largest absolute Gasteiger partial charge is 0.339 e. The van der Waals surface area contributed by atoms with E-state index >= 15 is 0 Å². The van der Waals surface area contributed by atoms with E-state index in [2.05, 4.69) is 28.2 Å². The molecule has 1 atom stereocenters. The van der Waals surface area contributed by atoms with Crippen LogP contribution in [0.15, 0.2) is 24.3 Å². The number of rotatable bonds is 10. The van der Waals surface area contributed by atoms with Crippen molar-refractivity contribution >= 4 is 75.3 Å². The van der Waals surface area contributed by atoms with Crippen molar-refractivity contribution in [1.29, 1.82) is 0 Å². The van der Waals surface area contributed by atoms with E-state index in [1.165, 1.54) is 6.92 Å². The van der Waals surface area contributed by atoms with E-state index in [0.717, 1.165) is 32.1 Å². The molecular weight excluding hydrogens is 455 g/mol. The fourth-order valence-electron chi connectivity index (χ4n) is 2.46. The Morgan fingerprint density at radius 2 is 1.52 bits per heavy atom. The van der Waals surface area contributed by atoms with Crippen LogP contribution in [-0.2, 0) is 9.59 Å². The lowest BCUT2D eigenvalue weighted by Crippen LogP contribution is -2.56. The molecular formula is C19H27Cl3N4O2S. The average Bonchev–Trinajstić information content (AvgIpc) is 2.61. The summed E-state index contributed by atoms with van der Waals surface area (Å²) in [6.07, 6.45) is 4.54. The van der Waals surface area contributed by atoms with Gasteiger partial charge in [-0.15, -0.1) is 0 Å². The van der Waals surface area contributed by atoms with Crippen molar-refractivity contribution in [3.63, 3.8) is 0 Å². The minimum absolute atomic E-state index is 0.158. The predicted molar refractivity (Wildman–Crippen MR) is 126 cm³/mol. The number of nitrogens with one attached hydrogen (secondary N) is 4. The maximum absolute atomic E-state index is 12.2. The Bertz CT molecular complexity index is 681. The van der Waals surface area contributed by atoms with Crippen LogP contribution in [0.3, 0.4) is 0 Å². The summed E-state index contributed by atoms with van der Waals surface area (Å²) in [5.74, 6) is -0.373. The van der Waals surface area contributed by atoms with Gasteiger partial charge in [-0.05, 0) is 42.9 Å². The van der Waals surface area contributed by atoms with Crippen LogP contribution >= 0.6 is 47.0 Å². The number of anilines is 2. The van der Waals surface area contributed by atoms with E-state index < -0.39 is 9.96 Å². The first-order valence-corrected chi connectivity index (χ1v) is 11.0. The second kappa shape index (κ2) is 13.1. The molecule has 0 spiro atoms. The van der Waals surface area contributed by atoms with Crippen LogP contribution in [-0.4, -0.2) is 26.9 Å². The minimum Gasteiger partial charge on any atom is -0.339 e. The van der Waals surface area contributed by atoms with Crippen LogP contribution in [0.5, 0.6) is 0 Å². The highest BCUT2D eigenvalue weighted by atomic mass is 35.6. The number of carbonyl (C=O) groups is 2. The van der Waals surface area contributed by atoms with Crippen molar-refractivity contribution in [3.8, 4) is 0 Å². The molecule has 4 N–H and O–H groups in total. The smallest absolute Gasteiger partial charge is 0.228 e. The number of thiocarbonyl (C=S) groups is 1. The fourth-order valence-corrected chi connectivity index (χ4v) is 3.02. The zero-order valence-electron chi connectivity index (χ0n) is 16.5. The van der Waals surface area contributed by atoms with Gasteiger partial charge in [0.25, 0.3) is 0 Å². The molecule has 29 heavy (non-hydrogen) atoms. The minimum atomic E-state index is -1.79. The van der Waals surface area contributed by atoms with Crippen molar-refractivity contribution in [2.75, 3.05) is 10.6 Å². The number of hydrogen-bond donors (Lipinski definition) is 4. The third-order valence-corrected chi connectivity index (χ3v) is 4.75. The number of unbranched alkanes of at least 4 members (excludes halogenated alkanes) is 4. The lowest BCUT2D eigenvalue weighted by molar-refractivity contribution is -0.122. The average molecular weight is 482 g/mol. The first-order valence-electron chi connectivity index (χ1n) is 9.43. The Labute approximate surface area is 192 Å². The van der Waals surface area contributed by atoms with E-state index in [0.29, 0.717) is 17.8 Å². The predicted octanol–water partition coefficient (Wildman–Crippen LogP) is 5.10. The van der Waals surface area contributed by atoms with Gasteiger partial charge in [0.1, 0.15) is 6.17 Å². The fraction of sp³-hybridized carbons (Fsp3) is 0.526. The zero-order valence-corrected chi connectivity index (χ0v) is 19.6. The molecule has 1 rings (SSSR count). The zero-order chi connectivity index (χ0) is 21.9. The molecule has 0 fully saturated rings. The normalized spacial score (nSPS) is 12.0. The summed E-state index contributed by atoms with van der Waals surface area (Å²) in [5.41, 5.74) is 1.33. The number of carbonyl (C=O) groups excluding carboxylic acids is 2. The van der Waals surface area contributed by atoms with Gasteiger partial charge >= 0.3 is 0 Å². The number of hydrogen-bond acceptors (Lipinski definition) is 3.